The van der Waals surface area contributed by atoms with Crippen LogP contribution < -0.4 is 0 Å². The highest BCUT2D eigenvalue weighted by atomic mass is 14.4. The lowest BCUT2D eigenvalue weighted by molar-refractivity contribution is 0.703. The summed E-state index contributed by atoms with van der Waals surface area (Å²) < 4.78 is 0. The molecule has 122 valence electrons. The zero-order valence-electron chi connectivity index (χ0n) is 14.8. The van der Waals surface area contributed by atoms with Gasteiger partial charge in [0.2, 0.25) is 0 Å². The van der Waals surface area contributed by atoms with Gasteiger partial charge in [0.05, 0.1) is 0 Å². The van der Waals surface area contributed by atoms with Crippen LogP contribution in [0.1, 0.15) is 47.9 Å². The molecule has 1 atom stereocenters. The van der Waals surface area contributed by atoms with Crippen LogP contribution in [0.4, 0.5) is 0 Å². The quantitative estimate of drug-likeness (QED) is 0.450. The minimum atomic E-state index is 0.431. The van der Waals surface area contributed by atoms with E-state index in [1.165, 1.54) is 39.0 Å². The van der Waals surface area contributed by atoms with E-state index in [2.05, 4.69) is 86.6 Å². The van der Waals surface area contributed by atoms with Gasteiger partial charge in [0.15, 0.2) is 0 Å². The Morgan fingerprint density at radius 2 is 1.16 bits per heavy atom. The van der Waals surface area contributed by atoms with Crippen LogP contribution in [0.2, 0.25) is 0 Å². The highest BCUT2D eigenvalue weighted by molar-refractivity contribution is 5.80. The lowest BCUT2D eigenvalue weighted by Gasteiger charge is -2.25. The average molecular weight is 322 g/mol. The first-order valence-electron chi connectivity index (χ1n) is 9.18. The molecule has 3 aromatic carbocycles. The zero-order valence-corrected chi connectivity index (χ0v) is 14.8. The average Bonchev–Trinajstić information content (AvgIpc) is 3.17. The van der Waals surface area contributed by atoms with Crippen LogP contribution >= 0.6 is 0 Å². The molecular formula is C25H22. The van der Waals surface area contributed by atoms with Crippen molar-refractivity contribution >= 4 is 0 Å². The van der Waals surface area contributed by atoms with Crippen LogP contribution in [0.25, 0.3) is 11.1 Å². The zero-order chi connectivity index (χ0) is 17.0. The molecule has 0 saturated carbocycles. The molecule has 5 rings (SSSR count). The number of benzene rings is 3. The molecule has 0 fully saturated rings. The Kier molecular flexibility index (Phi) is 3.21. The Balaban J connectivity index is 1.79. The number of hydrogen-bond donors (Lipinski definition) is 0. The predicted molar refractivity (Wildman–Crippen MR) is 105 cm³/mol. The second-order valence-electron chi connectivity index (χ2n) is 7.53. The molecule has 0 heterocycles. The lowest BCUT2D eigenvalue weighted by atomic mass is 9.77. The Hall–Kier alpha value is -2.60. The van der Waals surface area contributed by atoms with E-state index in [0.717, 1.165) is 6.42 Å². The summed E-state index contributed by atoms with van der Waals surface area (Å²) in [5, 5.41) is 0. The van der Waals surface area contributed by atoms with Gasteiger partial charge in [-0.1, -0.05) is 83.9 Å². The van der Waals surface area contributed by atoms with Gasteiger partial charge in [-0.15, -0.1) is 0 Å². The van der Waals surface area contributed by atoms with Gasteiger partial charge >= 0.3 is 0 Å². The molecular weight excluding hydrogens is 300 g/mol. The maximum atomic E-state index is 2.35. The molecule has 0 saturated heterocycles. The van der Waals surface area contributed by atoms with Gasteiger partial charge < -0.3 is 0 Å². The van der Waals surface area contributed by atoms with E-state index < -0.39 is 0 Å². The van der Waals surface area contributed by atoms with Crippen LogP contribution in [0.15, 0.2) is 83.9 Å². The van der Waals surface area contributed by atoms with E-state index in [-0.39, 0.29) is 0 Å². The number of hydrogen-bond acceptors (Lipinski definition) is 0. The van der Waals surface area contributed by atoms with Gasteiger partial charge in [0.1, 0.15) is 0 Å². The molecule has 0 bridgehead atoms. The molecule has 2 aliphatic rings. The van der Waals surface area contributed by atoms with E-state index in [0.29, 0.717) is 11.8 Å². The van der Waals surface area contributed by atoms with E-state index in [9.17, 15) is 0 Å². The summed E-state index contributed by atoms with van der Waals surface area (Å²) in [4.78, 5) is 0. The maximum absolute atomic E-state index is 2.35. The molecule has 0 aliphatic heterocycles. The van der Waals surface area contributed by atoms with Crippen molar-refractivity contribution in [2.75, 3.05) is 0 Å². The van der Waals surface area contributed by atoms with E-state index in [4.69, 9.17) is 0 Å². The van der Waals surface area contributed by atoms with Crippen molar-refractivity contribution in [3.8, 4) is 11.1 Å². The van der Waals surface area contributed by atoms with E-state index >= 15 is 0 Å². The van der Waals surface area contributed by atoms with E-state index in [1.807, 2.05) is 0 Å². The molecule has 0 spiro atoms. The summed E-state index contributed by atoms with van der Waals surface area (Å²) in [5.41, 5.74) is 11.9. The first-order chi connectivity index (χ1) is 12.3. The van der Waals surface area contributed by atoms with Gasteiger partial charge in [-0.2, -0.15) is 0 Å². The molecule has 0 heteroatoms. The standard InChI is InChI=1S/C25H22/c1-16(2)23-15-17-9-3-4-10-18(17)24(23)25-21-13-7-5-11-19(21)20-12-6-8-14-22(20)25/h3-14,24-25H,15H2,1-2H3. The van der Waals surface area contributed by atoms with Crippen molar-refractivity contribution in [2.24, 2.45) is 0 Å². The van der Waals surface area contributed by atoms with Crippen molar-refractivity contribution in [3.63, 3.8) is 0 Å². The Bertz CT molecular complexity index is 956. The van der Waals surface area contributed by atoms with Gasteiger partial charge in [0.25, 0.3) is 0 Å². The molecule has 0 N–H and O–H groups in total. The van der Waals surface area contributed by atoms with Crippen LogP contribution in [-0.2, 0) is 6.42 Å². The maximum Gasteiger partial charge on any atom is 0.0208 e. The summed E-state index contributed by atoms with van der Waals surface area (Å²) in [6.07, 6.45) is 1.10. The van der Waals surface area contributed by atoms with Crippen LogP contribution in [0.3, 0.4) is 0 Å². The van der Waals surface area contributed by atoms with E-state index in [1.54, 1.807) is 5.57 Å². The monoisotopic (exact) mass is 322 g/mol. The van der Waals surface area contributed by atoms with Crippen molar-refractivity contribution in [1.82, 2.24) is 0 Å². The molecule has 25 heavy (non-hydrogen) atoms. The fourth-order valence-corrected chi connectivity index (χ4v) is 4.92. The molecule has 2 aliphatic carbocycles. The van der Waals surface area contributed by atoms with Crippen LogP contribution in [0.5, 0.6) is 0 Å². The first-order valence-corrected chi connectivity index (χ1v) is 9.18. The fraction of sp³-hybridized carbons (Fsp3) is 0.200. The number of allylic oxidation sites excluding steroid dienone is 2. The number of fused-ring (bicyclic) bond motifs is 4. The summed E-state index contributed by atoms with van der Waals surface area (Å²) in [6, 6.07) is 27.0. The third-order valence-corrected chi connectivity index (χ3v) is 6.00. The first kappa shape index (κ1) is 14.7. The topological polar surface area (TPSA) is 0 Å². The summed E-state index contributed by atoms with van der Waals surface area (Å²) in [5.74, 6) is 0.895. The van der Waals surface area contributed by atoms with Gasteiger partial charge in [-0.25, -0.2) is 0 Å². The molecule has 0 nitrogen and oxygen atoms in total. The van der Waals surface area contributed by atoms with Crippen LogP contribution in [0, 0.1) is 0 Å². The van der Waals surface area contributed by atoms with Crippen molar-refractivity contribution in [1.29, 1.82) is 0 Å². The highest BCUT2D eigenvalue weighted by Crippen LogP contribution is 2.56. The summed E-state index contributed by atoms with van der Waals surface area (Å²) in [6.45, 7) is 4.56. The summed E-state index contributed by atoms with van der Waals surface area (Å²) >= 11 is 0. The van der Waals surface area contributed by atoms with Crippen LogP contribution in [-0.4, -0.2) is 0 Å². The van der Waals surface area contributed by atoms with Gasteiger partial charge in [0, 0.05) is 11.8 Å². The minimum absolute atomic E-state index is 0.431. The second-order valence-corrected chi connectivity index (χ2v) is 7.53. The predicted octanol–water partition coefficient (Wildman–Crippen LogP) is 6.48. The fourth-order valence-electron chi connectivity index (χ4n) is 4.92. The van der Waals surface area contributed by atoms with Crippen molar-refractivity contribution < 1.29 is 0 Å². The Labute approximate surface area is 149 Å². The van der Waals surface area contributed by atoms with Gasteiger partial charge in [-0.3, -0.25) is 0 Å². The Morgan fingerprint density at radius 3 is 1.76 bits per heavy atom. The minimum Gasteiger partial charge on any atom is -0.0762 e. The SMILES string of the molecule is CC(C)=C1Cc2ccccc2C1C1c2ccccc2-c2ccccc21. The summed E-state index contributed by atoms with van der Waals surface area (Å²) in [7, 11) is 0. The van der Waals surface area contributed by atoms with Crippen molar-refractivity contribution in [2.45, 2.75) is 32.1 Å². The normalized spacial score (nSPS) is 18.0. The third-order valence-electron chi connectivity index (χ3n) is 6.00. The van der Waals surface area contributed by atoms with Crippen molar-refractivity contribution in [3.05, 3.63) is 106 Å². The molecule has 0 radical (unpaired) electrons. The van der Waals surface area contributed by atoms with Gasteiger partial charge in [-0.05, 0) is 53.6 Å². The highest BCUT2D eigenvalue weighted by Gasteiger charge is 2.40. The smallest absolute Gasteiger partial charge is 0.0208 e. The molecule has 1 unspecified atom stereocenters. The lowest BCUT2D eigenvalue weighted by Crippen LogP contribution is -2.10. The Morgan fingerprint density at radius 1 is 0.640 bits per heavy atom. The molecule has 3 aromatic rings. The third kappa shape index (κ3) is 2.07. The molecule has 0 aromatic heterocycles. The second kappa shape index (κ2) is 5.46. The number of rotatable bonds is 1. The molecule has 0 amide bonds. The largest absolute Gasteiger partial charge is 0.0762 e.